The molecule has 1 aromatic carbocycles. The lowest BCUT2D eigenvalue weighted by atomic mass is 10.1. The Morgan fingerprint density at radius 1 is 1.36 bits per heavy atom. The van der Waals surface area contributed by atoms with Crippen LogP contribution in [0.2, 0.25) is 5.02 Å². The number of carbonyl (C=O) groups is 2. The maximum Gasteiger partial charge on any atom is 0.305 e. The Hall–Kier alpha value is -1.66. The van der Waals surface area contributed by atoms with Gasteiger partial charge in [-0.25, -0.2) is 0 Å². The number of esters is 1. The largest absolute Gasteiger partial charge is 0.496 e. The highest BCUT2D eigenvalue weighted by molar-refractivity contribution is 6.33. The molecule has 6 nitrogen and oxygen atoms in total. The Morgan fingerprint density at radius 2 is 2.05 bits per heavy atom. The molecule has 0 aliphatic heterocycles. The van der Waals surface area contributed by atoms with Gasteiger partial charge in [-0.3, -0.25) is 9.59 Å². The fraction of sp³-hybridized carbons (Fsp3) is 0.429. The maximum absolute atomic E-state index is 12.1. The lowest BCUT2D eigenvalue weighted by molar-refractivity contribution is -0.143. The Labute approximate surface area is 140 Å². The van der Waals surface area contributed by atoms with Crippen molar-refractivity contribution in [3.8, 4) is 5.75 Å². The van der Waals surface area contributed by atoms with Gasteiger partial charge in [0.05, 0.1) is 30.0 Å². The van der Waals surface area contributed by atoms with Crippen LogP contribution in [0.15, 0.2) is 12.1 Å². The van der Waals surface area contributed by atoms with E-state index in [2.05, 4.69) is 5.32 Å². The van der Waals surface area contributed by atoms with E-state index in [1.54, 1.807) is 6.92 Å². The quantitative estimate of drug-likeness (QED) is 0.447. The van der Waals surface area contributed by atoms with Crippen LogP contribution in [0.4, 0.5) is 5.69 Å². The molecule has 0 radical (unpaired) electrons. The average Bonchev–Trinajstić information content (AvgIpc) is 2.46. The Balaban J connectivity index is 0.00000441. The minimum absolute atomic E-state index is 0. The molecule has 22 heavy (non-hydrogen) atoms. The van der Waals surface area contributed by atoms with Crippen molar-refractivity contribution in [2.24, 2.45) is 0 Å². The summed E-state index contributed by atoms with van der Waals surface area (Å²) in [6.45, 7) is 2.45. The third-order valence-corrected chi connectivity index (χ3v) is 3.04. The van der Waals surface area contributed by atoms with Crippen LogP contribution in [0, 0.1) is 0 Å². The van der Waals surface area contributed by atoms with Gasteiger partial charge in [-0.15, -0.1) is 12.4 Å². The van der Waals surface area contributed by atoms with Crippen molar-refractivity contribution >= 4 is 41.6 Å². The van der Waals surface area contributed by atoms with Gasteiger partial charge in [0.1, 0.15) is 5.75 Å². The van der Waals surface area contributed by atoms with E-state index >= 15 is 0 Å². The summed E-state index contributed by atoms with van der Waals surface area (Å²) < 4.78 is 9.90. The van der Waals surface area contributed by atoms with E-state index in [9.17, 15) is 9.59 Å². The normalized spacial score (nSPS) is 9.59. The molecule has 1 amide bonds. The first kappa shape index (κ1) is 20.3. The highest BCUT2D eigenvalue weighted by Gasteiger charge is 2.14. The minimum Gasteiger partial charge on any atom is -0.496 e. The third kappa shape index (κ3) is 5.99. The van der Waals surface area contributed by atoms with Crippen molar-refractivity contribution in [1.29, 1.82) is 0 Å². The van der Waals surface area contributed by atoms with Crippen molar-refractivity contribution in [3.05, 3.63) is 22.7 Å². The van der Waals surface area contributed by atoms with E-state index in [4.69, 9.17) is 26.8 Å². The summed E-state index contributed by atoms with van der Waals surface area (Å²) in [6.07, 6.45) is 0.753. The number of hydrogen-bond acceptors (Lipinski definition) is 5. The Morgan fingerprint density at radius 3 is 2.64 bits per heavy atom. The van der Waals surface area contributed by atoms with E-state index in [0.717, 1.165) is 0 Å². The molecule has 0 fully saturated rings. The molecule has 0 bridgehead atoms. The molecule has 0 aliphatic carbocycles. The van der Waals surface area contributed by atoms with Crippen LogP contribution in [0.1, 0.15) is 30.1 Å². The molecular formula is C14H20Cl2N2O4. The van der Waals surface area contributed by atoms with Gasteiger partial charge in [0.2, 0.25) is 0 Å². The van der Waals surface area contributed by atoms with E-state index in [1.165, 1.54) is 19.2 Å². The van der Waals surface area contributed by atoms with Crippen molar-refractivity contribution in [3.63, 3.8) is 0 Å². The van der Waals surface area contributed by atoms with Crippen molar-refractivity contribution in [2.75, 3.05) is 26.0 Å². The molecule has 0 unspecified atom stereocenters. The number of nitrogen functional groups attached to an aromatic ring is 1. The van der Waals surface area contributed by atoms with Gasteiger partial charge < -0.3 is 20.5 Å². The predicted molar refractivity (Wildman–Crippen MR) is 87.9 cm³/mol. The molecule has 0 heterocycles. The van der Waals surface area contributed by atoms with Gasteiger partial charge in [0.25, 0.3) is 5.91 Å². The van der Waals surface area contributed by atoms with Crippen molar-refractivity contribution in [1.82, 2.24) is 5.32 Å². The second-order valence-electron chi connectivity index (χ2n) is 4.24. The molecule has 1 rings (SSSR count). The van der Waals surface area contributed by atoms with Crippen molar-refractivity contribution < 1.29 is 19.1 Å². The standard InChI is InChI=1S/C14H19ClN2O4.ClH/c1-3-21-13(18)5-4-6-17-14(19)9-7-10(15)11(16)8-12(9)20-2;/h7-8H,3-6,16H2,1-2H3,(H,17,19);1H. The van der Waals surface area contributed by atoms with E-state index < -0.39 is 0 Å². The number of amides is 1. The topological polar surface area (TPSA) is 90.7 Å². The number of methoxy groups -OCH3 is 1. The average molecular weight is 351 g/mol. The number of halogens is 2. The number of ether oxygens (including phenoxy) is 2. The fourth-order valence-corrected chi connectivity index (χ4v) is 1.84. The number of rotatable bonds is 7. The first-order valence-electron chi connectivity index (χ1n) is 6.56. The number of anilines is 1. The Bertz CT molecular complexity index is 524. The second-order valence-corrected chi connectivity index (χ2v) is 4.65. The first-order chi connectivity index (χ1) is 9.99. The van der Waals surface area contributed by atoms with Crippen molar-refractivity contribution in [2.45, 2.75) is 19.8 Å². The van der Waals surface area contributed by atoms with E-state index in [1.807, 2.05) is 0 Å². The summed E-state index contributed by atoms with van der Waals surface area (Å²) >= 11 is 5.90. The summed E-state index contributed by atoms with van der Waals surface area (Å²) in [4.78, 5) is 23.2. The van der Waals surface area contributed by atoms with Crippen LogP contribution < -0.4 is 15.8 Å². The smallest absolute Gasteiger partial charge is 0.305 e. The van der Waals surface area contributed by atoms with Gasteiger partial charge in [-0.1, -0.05) is 11.6 Å². The molecule has 0 aromatic heterocycles. The summed E-state index contributed by atoms with van der Waals surface area (Å²) in [7, 11) is 1.44. The Kier molecular flexibility index (Phi) is 9.37. The van der Waals surface area contributed by atoms with Gasteiger partial charge in [-0.05, 0) is 19.4 Å². The van der Waals surface area contributed by atoms with Crippen LogP contribution in [0.25, 0.3) is 0 Å². The van der Waals surface area contributed by atoms with Crippen LogP contribution in [-0.4, -0.2) is 32.1 Å². The molecule has 8 heteroatoms. The zero-order chi connectivity index (χ0) is 15.8. The maximum atomic E-state index is 12.1. The minimum atomic E-state index is -0.336. The summed E-state index contributed by atoms with van der Waals surface area (Å²) in [5.74, 6) is -0.266. The number of hydrogen-bond donors (Lipinski definition) is 2. The molecule has 3 N–H and O–H groups in total. The van der Waals surface area contributed by atoms with Gasteiger partial charge >= 0.3 is 5.97 Å². The van der Waals surface area contributed by atoms with Gasteiger partial charge in [0, 0.05) is 19.0 Å². The van der Waals surface area contributed by atoms with E-state index in [0.29, 0.717) is 36.6 Å². The summed E-state index contributed by atoms with van der Waals surface area (Å²) in [5.41, 5.74) is 6.29. The SMILES string of the molecule is CCOC(=O)CCCNC(=O)c1cc(Cl)c(N)cc1OC.Cl. The van der Waals surface area contributed by atoms with Gasteiger partial charge in [0.15, 0.2) is 0 Å². The number of nitrogens with one attached hydrogen (secondary N) is 1. The third-order valence-electron chi connectivity index (χ3n) is 2.71. The first-order valence-corrected chi connectivity index (χ1v) is 6.94. The summed E-state index contributed by atoms with van der Waals surface area (Å²) in [6, 6.07) is 2.95. The molecule has 0 saturated carbocycles. The molecule has 0 saturated heterocycles. The molecule has 0 aliphatic rings. The second kappa shape index (κ2) is 10.1. The molecular weight excluding hydrogens is 331 g/mol. The summed E-state index contributed by atoms with van der Waals surface area (Å²) in [5, 5.41) is 2.98. The highest BCUT2D eigenvalue weighted by Crippen LogP contribution is 2.28. The van der Waals surface area contributed by atoms with Crippen LogP contribution in [0.5, 0.6) is 5.75 Å². The zero-order valence-corrected chi connectivity index (χ0v) is 14.1. The molecule has 0 atom stereocenters. The molecule has 124 valence electrons. The van der Waals surface area contributed by atoms with Crippen LogP contribution in [-0.2, 0) is 9.53 Å². The number of benzene rings is 1. The lowest BCUT2D eigenvalue weighted by Gasteiger charge is -2.11. The predicted octanol–water partition coefficient (Wildman–Crippen LogP) is 2.43. The molecule has 0 spiro atoms. The number of carbonyl (C=O) groups excluding carboxylic acids is 2. The van der Waals surface area contributed by atoms with Crippen LogP contribution >= 0.6 is 24.0 Å². The monoisotopic (exact) mass is 350 g/mol. The fourth-order valence-electron chi connectivity index (χ4n) is 1.68. The molecule has 1 aromatic rings. The zero-order valence-electron chi connectivity index (χ0n) is 12.5. The number of nitrogens with two attached hydrogens (primary N) is 1. The van der Waals surface area contributed by atoms with Crippen LogP contribution in [0.3, 0.4) is 0 Å². The lowest BCUT2D eigenvalue weighted by Crippen LogP contribution is -2.25. The van der Waals surface area contributed by atoms with E-state index in [-0.39, 0.29) is 35.7 Å². The highest BCUT2D eigenvalue weighted by atomic mass is 35.5. The van der Waals surface area contributed by atoms with Gasteiger partial charge in [-0.2, -0.15) is 0 Å².